The van der Waals surface area contributed by atoms with Gasteiger partial charge in [0, 0.05) is 15.6 Å². The van der Waals surface area contributed by atoms with E-state index in [1.165, 1.54) is 6.07 Å². The number of rotatable bonds is 2. The summed E-state index contributed by atoms with van der Waals surface area (Å²) in [5.41, 5.74) is 1.16. The Morgan fingerprint density at radius 1 is 0.941 bits per heavy atom. The smallest absolute Gasteiger partial charge is 0.193 e. The fourth-order valence-corrected chi connectivity index (χ4v) is 2.06. The molecule has 0 fully saturated rings. The highest BCUT2D eigenvalue weighted by molar-refractivity contribution is 9.10. The van der Waals surface area contributed by atoms with Crippen molar-refractivity contribution >= 4 is 37.6 Å². The summed E-state index contributed by atoms with van der Waals surface area (Å²) in [6.07, 6.45) is 0. The fraction of sp³-hybridized carbons (Fsp3) is 0. The Labute approximate surface area is 116 Å². The van der Waals surface area contributed by atoms with Crippen LogP contribution in [0.2, 0.25) is 0 Å². The molecule has 2 rings (SSSR count). The van der Waals surface area contributed by atoms with Crippen molar-refractivity contribution in [2.75, 3.05) is 0 Å². The maximum atomic E-state index is 12.1. The molecule has 0 radical (unpaired) electrons. The van der Waals surface area contributed by atoms with Gasteiger partial charge in [-0.2, -0.15) is 0 Å². The molecule has 0 saturated carbocycles. The van der Waals surface area contributed by atoms with Crippen LogP contribution in [0.25, 0.3) is 0 Å². The molecular formula is C13H8Br2O2. The van der Waals surface area contributed by atoms with Crippen LogP contribution >= 0.6 is 31.9 Å². The summed E-state index contributed by atoms with van der Waals surface area (Å²) in [5.74, 6) is 0.0514. The summed E-state index contributed by atoms with van der Waals surface area (Å²) >= 11 is 6.51. The SMILES string of the molecule is O=C(c1ccc(Br)cc1)c1ccc(O)c(Br)c1. The van der Waals surface area contributed by atoms with Crippen molar-refractivity contribution in [1.29, 1.82) is 0 Å². The minimum absolute atomic E-state index is 0.0711. The molecule has 0 aliphatic rings. The van der Waals surface area contributed by atoms with Crippen molar-refractivity contribution < 1.29 is 9.90 Å². The summed E-state index contributed by atoms with van der Waals surface area (Å²) in [7, 11) is 0. The Morgan fingerprint density at radius 3 is 2.12 bits per heavy atom. The first-order valence-corrected chi connectivity index (χ1v) is 6.45. The fourth-order valence-electron chi connectivity index (χ4n) is 1.42. The molecule has 0 heterocycles. The van der Waals surface area contributed by atoms with E-state index in [9.17, 15) is 9.90 Å². The first-order valence-electron chi connectivity index (χ1n) is 4.87. The highest BCUT2D eigenvalue weighted by Crippen LogP contribution is 2.25. The van der Waals surface area contributed by atoms with Gasteiger partial charge >= 0.3 is 0 Å². The number of phenols is 1. The summed E-state index contributed by atoms with van der Waals surface area (Å²) < 4.78 is 1.45. The third kappa shape index (κ3) is 2.76. The molecule has 0 unspecified atom stereocenters. The van der Waals surface area contributed by atoms with Gasteiger partial charge in [-0.1, -0.05) is 15.9 Å². The second-order valence-corrected chi connectivity index (χ2v) is 5.27. The predicted octanol–water partition coefficient (Wildman–Crippen LogP) is 4.15. The van der Waals surface area contributed by atoms with Crippen LogP contribution in [0.4, 0.5) is 0 Å². The number of hydrogen-bond acceptors (Lipinski definition) is 2. The van der Waals surface area contributed by atoms with Crippen LogP contribution in [0.1, 0.15) is 15.9 Å². The van der Waals surface area contributed by atoms with Crippen molar-refractivity contribution in [3.63, 3.8) is 0 Å². The van der Waals surface area contributed by atoms with Crippen LogP contribution < -0.4 is 0 Å². The molecule has 0 amide bonds. The van der Waals surface area contributed by atoms with E-state index in [-0.39, 0.29) is 11.5 Å². The molecule has 0 atom stereocenters. The van der Waals surface area contributed by atoms with Gasteiger partial charge in [-0.3, -0.25) is 4.79 Å². The van der Waals surface area contributed by atoms with Crippen LogP contribution in [0, 0.1) is 0 Å². The molecule has 2 nitrogen and oxygen atoms in total. The van der Waals surface area contributed by atoms with Gasteiger partial charge in [-0.05, 0) is 58.4 Å². The maximum Gasteiger partial charge on any atom is 0.193 e. The molecule has 0 aliphatic heterocycles. The van der Waals surface area contributed by atoms with Crippen LogP contribution in [0.15, 0.2) is 51.4 Å². The van der Waals surface area contributed by atoms with Crippen molar-refractivity contribution in [3.8, 4) is 5.75 Å². The van der Waals surface area contributed by atoms with Crippen LogP contribution in [0.5, 0.6) is 5.75 Å². The van der Waals surface area contributed by atoms with E-state index in [0.29, 0.717) is 15.6 Å². The Morgan fingerprint density at radius 2 is 1.53 bits per heavy atom. The molecule has 0 spiro atoms. The Kier molecular flexibility index (Phi) is 3.64. The molecule has 2 aromatic rings. The van der Waals surface area contributed by atoms with Gasteiger partial charge in [-0.25, -0.2) is 0 Å². The van der Waals surface area contributed by atoms with Gasteiger partial charge in [0.05, 0.1) is 4.47 Å². The number of carbonyl (C=O) groups excluding carboxylic acids is 1. The third-order valence-electron chi connectivity index (χ3n) is 2.32. The number of hydrogen-bond donors (Lipinski definition) is 1. The quantitative estimate of drug-likeness (QED) is 0.821. The lowest BCUT2D eigenvalue weighted by Crippen LogP contribution is -2.00. The molecule has 0 bridgehead atoms. The number of phenolic OH excluding ortho intramolecular Hbond substituents is 1. The van der Waals surface area contributed by atoms with Crippen molar-refractivity contribution in [1.82, 2.24) is 0 Å². The molecule has 0 saturated heterocycles. The second-order valence-electron chi connectivity index (χ2n) is 3.50. The zero-order valence-corrected chi connectivity index (χ0v) is 11.8. The van der Waals surface area contributed by atoms with Crippen molar-refractivity contribution in [3.05, 3.63) is 62.5 Å². The molecule has 0 aliphatic carbocycles. The number of carbonyl (C=O) groups is 1. The molecule has 4 heteroatoms. The predicted molar refractivity (Wildman–Crippen MR) is 73.4 cm³/mol. The lowest BCUT2D eigenvalue weighted by Gasteiger charge is -2.03. The van der Waals surface area contributed by atoms with Crippen molar-refractivity contribution in [2.24, 2.45) is 0 Å². The Hall–Kier alpha value is -1.13. The second kappa shape index (κ2) is 5.02. The number of aromatic hydroxyl groups is 1. The maximum absolute atomic E-state index is 12.1. The largest absolute Gasteiger partial charge is 0.507 e. The lowest BCUT2D eigenvalue weighted by atomic mass is 10.0. The Balaban J connectivity index is 2.37. The third-order valence-corrected chi connectivity index (χ3v) is 3.48. The first kappa shape index (κ1) is 12.3. The average Bonchev–Trinajstić information content (AvgIpc) is 2.33. The molecule has 86 valence electrons. The monoisotopic (exact) mass is 354 g/mol. The number of halogens is 2. The van der Waals surface area contributed by atoms with E-state index in [2.05, 4.69) is 31.9 Å². The van der Waals surface area contributed by atoms with Gasteiger partial charge in [0.1, 0.15) is 5.75 Å². The molecular weight excluding hydrogens is 348 g/mol. The highest BCUT2D eigenvalue weighted by atomic mass is 79.9. The van der Waals surface area contributed by atoms with E-state index in [4.69, 9.17) is 0 Å². The van der Waals surface area contributed by atoms with E-state index >= 15 is 0 Å². The van der Waals surface area contributed by atoms with Gasteiger partial charge in [0.15, 0.2) is 5.78 Å². The average molecular weight is 356 g/mol. The van der Waals surface area contributed by atoms with Crippen LogP contribution in [-0.4, -0.2) is 10.9 Å². The highest BCUT2D eigenvalue weighted by Gasteiger charge is 2.10. The van der Waals surface area contributed by atoms with Gasteiger partial charge in [0.2, 0.25) is 0 Å². The molecule has 0 aromatic heterocycles. The zero-order valence-electron chi connectivity index (χ0n) is 8.65. The molecule has 1 N–H and O–H groups in total. The lowest BCUT2D eigenvalue weighted by molar-refractivity contribution is 0.103. The zero-order chi connectivity index (χ0) is 12.4. The van der Waals surface area contributed by atoms with E-state index in [1.807, 2.05) is 12.1 Å². The topological polar surface area (TPSA) is 37.3 Å². The number of ketones is 1. The summed E-state index contributed by atoms with van der Waals surface area (Å²) in [5, 5.41) is 9.37. The minimum atomic E-state index is -0.0711. The number of benzene rings is 2. The summed E-state index contributed by atoms with van der Waals surface area (Å²) in [6.45, 7) is 0. The Bertz CT molecular complexity index is 562. The minimum Gasteiger partial charge on any atom is -0.507 e. The normalized spacial score (nSPS) is 10.2. The summed E-state index contributed by atoms with van der Waals surface area (Å²) in [6, 6.07) is 11.9. The van der Waals surface area contributed by atoms with E-state index in [0.717, 1.165) is 4.47 Å². The van der Waals surface area contributed by atoms with Crippen LogP contribution in [0.3, 0.4) is 0 Å². The molecule has 17 heavy (non-hydrogen) atoms. The standard InChI is InChI=1S/C13H8Br2O2/c14-10-4-1-8(2-5-10)13(17)9-3-6-12(16)11(15)7-9/h1-7,16H. The van der Waals surface area contributed by atoms with E-state index in [1.54, 1.807) is 24.3 Å². The van der Waals surface area contributed by atoms with Crippen molar-refractivity contribution in [2.45, 2.75) is 0 Å². The van der Waals surface area contributed by atoms with Gasteiger partial charge < -0.3 is 5.11 Å². The van der Waals surface area contributed by atoms with E-state index < -0.39 is 0 Å². The molecule has 2 aromatic carbocycles. The van der Waals surface area contributed by atoms with Gasteiger partial charge in [0.25, 0.3) is 0 Å². The summed E-state index contributed by atoms with van der Waals surface area (Å²) in [4.78, 5) is 12.1. The van der Waals surface area contributed by atoms with Gasteiger partial charge in [-0.15, -0.1) is 0 Å². The first-order chi connectivity index (χ1) is 8.08. The van der Waals surface area contributed by atoms with Crippen LogP contribution in [-0.2, 0) is 0 Å².